The largest absolute Gasteiger partial charge is 0.479 e. The maximum atomic E-state index is 10.9. The van der Waals surface area contributed by atoms with Crippen LogP contribution in [0.1, 0.15) is 6.92 Å². The lowest BCUT2D eigenvalue weighted by Gasteiger charge is -2.16. The van der Waals surface area contributed by atoms with Gasteiger partial charge in [0.15, 0.2) is 17.6 Å². The monoisotopic (exact) mass is 360 g/mol. The Balaban J connectivity index is 2.32. The van der Waals surface area contributed by atoms with E-state index in [1.807, 2.05) is 0 Å². The van der Waals surface area contributed by atoms with Crippen LogP contribution in [0.5, 0.6) is 17.2 Å². The number of carbonyl (C=O) groups is 1. The minimum Gasteiger partial charge on any atom is -0.479 e. The van der Waals surface area contributed by atoms with Crippen molar-refractivity contribution in [1.29, 1.82) is 0 Å². The first-order chi connectivity index (χ1) is 10.4. The Kier molecular flexibility index (Phi) is 5.40. The van der Waals surface area contributed by atoms with Gasteiger partial charge in [0.1, 0.15) is 5.75 Å². The number of benzene rings is 2. The average molecular weight is 362 g/mol. The Morgan fingerprint density at radius 3 is 2.18 bits per heavy atom. The second-order valence-corrected chi connectivity index (χ2v) is 5.65. The molecule has 4 nitrogen and oxygen atoms in total. The first-order valence-electron chi connectivity index (χ1n) is 6.18. The summed E-state index contributed by atoms with van der Waals surface area (Å²) in [6.45, 7) is 1.41. The predicted octanol–water partition coefficient (Wildman–Crippen LogP) is 5.29. The lowest BCUT2D eigenvalue weighted by molar-refractivity contribution is -0.144. The van der Waals surface area contributed by atoms with Gasteiger partial charge in [0.25, 0.3) is 0 Å². The van der Waals surface area contributed by atoms with Gasteiger partial charge in [-0.2, -0.15) is 0 Å². The smallest absolute Gasteiger partial charge is 0.344 e. The second kappa shape index (κ2) is 7.09. The van der Waals surface area contributed by atoms with E-state index in [0.717, 1.165) is 0 Å². The molecule has 0 heterocycles. The fraction of sp³-hybridized carbons (Fsp3) is 0.133. The van der Waals surface area contributed by atoms with E-state index in [9.17, 15) is 4.79 Å². The van der Waals surface area contributed by atoms with E-state index in [0.29, 0.717) is 26.6 Å². The van der Waals surface area contributed by atoms with Crippen LogP contribution in [0.15, 0.2) is 36.4 Å². The van der Waals surface area contributed by atoms with E-state index in [1.54, 1.807) is 24.3 Å². The summed E-state index contributed by atoms with van der Waals surface area (Å²) in [6, 6.07) is 9.40. The molecule has 0 unspecified atom stereocenters. The number of rotatable bonds is 5. The Morgan fingerprint density at radius 1 is 1.00 bits per heavy atom. The Morgan fingerprint density at radius 2 is 1.59 bits per heavy atom. The van der Waals surface area contributed by atoms with Crippen molar-refractivity contribution in [1.82, 2.24) is 0 Å². The van der Waals surface area contributed by atoms with E-state index < -0.39 is 12.1 Å². The maximum absolute atomic E-state index is 10.9. The molecule has 1 N–H and O–H groups in total. The molecule has 116 valence electrons. The number of carboxylic acid groups (broad SMARTS) is 1. The van der Waals surface area contributed by atoms with Crippen LogP contribution >= 0.6 is 34.8 Å². The number of ether oxygens (including phenoxy) is 2. The molecule has 0 radical (unpaired) electrons. The van der Waals surface area contributed by atoms with Crippen LogP contribution < -0.4 is 9.47 Å². The van der Waals surface area contributed by atoms with Gasteiger partial charge in [-0.25, -0.2) is 4.79 Å². The van der Waals surface area contributed by atoms with E-state index >= 15 is 0 Å². The summed E-state index contributed by atoms with van der Waals surface area (Å²) in [6.07, 6.45) is -1.05. The Hall–Kier alpha value is -1.62. The summed E-state index contributed by atoms with van der Waals surface area (Å²) in [7, 11) is 0. The van der Waals surface area contributed by atoms with E-state index in [-0.39, 0.29) is 5.75 Å². The highest BCUT2D eigenvalue weighted by atomic mass is 35.5. The summed E-state index contributed by atoms with van der Waals surface area (Å²) in [5.74, 6) is -0.244. The molecule has 22 heavy (non-hydrogen) atoms. The van der Waals surface area contributed by atoms with E-state index in [4.69, 9.17) is 49.4 Å². The molecule has 0 spiro atoms. The van der Waals surface area contributed by atoms with Gasteiger partial charge in [-0.3, -0.25) is 0 Å². The van der Waals surface area contributed by atoms with Gasteiger partial charge in [0, 0.05) is 16.1 Å². The van der Waals surface area contributed by atoms with Crippen molar-refractivity contribution in [3.8, 4) is 17.2 Å². The van der Waals surface area contributed by atoms with Gasteiger partial charge in [-0.15, -0.1) is 0 Å². The quantitative estimate of drug-likeness (QED) is 0.786. The van der Waals surface area contributed by atoms with Crippen molar-refractivity contribution in [3.63, 3.8) is 0 Å². The van der Waals surface area contributed by atoms with Crippen LogP contribution in [-0.4, -0.2) is 17.2 Å². The highest BCUT2D eigenvalue weighted by molar-refractivity contribution is 6.35. The van der Waals surface area contributed by atoms with Crippen LogP contribution in [0.3, 0.4) is 0 Å². The van der Waals surface area contributed by atoms with Gasteiger partial charge in [0.05, 0.1) is 5.02 Å². The van der Waals surface area contributed by atoms with E-state index in [2.05, 4.69) is 0 Å². The molecule has 0 saturated carbocycles. The van der Waals surface area contributed by atoms with Crippen LogP contribution in [0.25, 0.3) is 0 Å². The number of aliphatic carboxylic acids is 1. The highest BCUT2D eigenvalue weighted by Gasteiger charge is 2.17. The third kappa shape index (κ3) is 4.19. The molecule has 0 aromatic heterocycles. The first-order valence-corrected chi connectivity index (χ1v) is 7.32. The van der Waals surface area contributed by atoms with Crippen LogP contribution in [0.2, 0.25) is 15.1 Å². The molecule has 1 atom stereocenters. The third-order valence-corrected chi connectivity index (χ3v) is 3.44. The lowest BCUT2D eigenvalue weighted by Crippen LogP contribution is -2.23. The standard InChI is InChI=1S/C15H11Cl3O4/c1-8(15(19)20)21-14-7-10(17)3-5-13(14)22-12-4-2-9(16)6-11(12)18/h2-8H,1H3,(H,19,20)/t8-/m1/s1. The molecule has 0 aliphatic carbocycles. The summed E-state index contributed by atoms with van der Waals surface area (Å²) in [5.41, 5.74) is 0. The molecule has 7 heteroatoms. The number of hydrogen-bond acceptors (Lipinski definition) is 3. The van der Waals surface area contributed by atoms with Crippen LogP contribution in [0.4, 0.5) is 0 Å². The molecule has 0 fully saturated rings. The fourth-order valence-electron chi connectivity index (χ4n) is 1.58. The Labute approximate surface area is 142 Å². The van der Waals surface area contributed by atoms with Crippen molar-refractivity contribution in [3.05, 3.63) is 51.5 Å². The Bertz CT molecular complexity index is 703. The minimum absolute atomic E-state index is 0.202. The summed E-state index contributed by atoms with van der Waals surface area (Å²) < 4.78 is 11.0. The maximum Gasteiger partial charge on any atom is 0.344 e. The molecule has 0 aliphatic heterocycles. The zero-order valence-corrected chi connectivity index (χ0v) is 13.6. The number of halogens is 3. The second-order valence-electron chi connectivity index (χ2n) is 4.37. The SMILES string of the molecule is C[C@@H](Oc1cc(Cl)ccc1Oc1ccc(Cl)cc1Cl)C(=O)O. The molecule has 0 aliphatic rings. The fourth-order valence-corrected chi connectivity index (χ4v) is 2.18. The van der Waals surface area contributed by atoms with Gasteiger partial charge in [-0.05, 0) is 37.3 Å². The number of carboxylic acids is 1. The molecule has 0 amide bonds. The molecule has 0 bridgehead atoms. The normalized spacial score (nSPS) is 11.8. The van der Waals surface area contributed by atoms with E-state index in [1.165, 1.54) is 19.1 Å². The molecular formula is C15H11Cl3O4. The van der Waals surface area contributed by atoms with Gasteiger partial charge in [0.2, 0.25) is 0 Å². The number of hydrogen-bond donors (Lipinski definition) is 1. The summed E-state index contributed by atoms with van der Waals surface area (Å²) >= 11 is 17.8. The van der Waals surface area contributed by atoms with Crippen LogP contribution in [-0.2, 0) is 4.79 Å². The molecule has 2 aromatic rings. The van der Waals surface area contributed by atoms with Crippen molar-refractivity contribution < 1.29 is 19.4 Å². The van der Waals surface area contributed by atoms with Crippen molar-refractivity contribution in [2.75, 3.05) is 0 Å². The van der Waals surface area contributed by atoms with Gasteiger partial charge in [-0.1, -0.05) is 34.8 Å². The highest BCUT2D eigenvalue weighted by Crippen LogP contribution is 2.38. The van der Waals surface area contributed by atoms with Gasteiger partial charge >= 0.3 is 5.97 Å². The molecule has 2 rings (SSSR count). The average Bonchev–Trinajstić information content (AvgIpc) is 2.44. The first kappa shape index (κ1) is 16.7. The molecule has 0 saturated heterocycles. The van der Waals surface area contributed by atoms with Crippen LogP contribution in [0, 0.1) is 0 Å². The topological polar surface area (TPSA) is 55.8 Å². The summed E-state index contributed by atoms with van der Waals surface area (Å²) in [5, 5.41) is 10.1. The molecular weight excluding hydrogens is 351 g/mol. The zero-order chi connectivity index (χ0) is 16.3. The minimum atomic E-state index is -1.10. The summed E-state index contributed by atoms with van der Waals surface area (Å²) in [4.78, 5) is 10.9. The van der Waals surface area contributed by atoms with Gasteiger partial charge < -0.3 is 14.6 Å². The van der Waals surface area contributed by atoms with Crippen molar-refractivity contribution in [2.45, 2.75) is 13.0 Å². The third-order valence-electron chi connectivity index (χ3n) is 2.67. The predicted molar refractivity (Wildman–Crippen MR) is 85.7 cm³/mol. The van der Waals surface area contributed by atoms with Crippen molar-refractivity contribution >= 4 is 40.8 Å². The molecule has 2 aromatic carbocycles. The zero-order valence-electron chi connectivity index (χ0n) is 11.3. The van der Waals surface area contributed by atoms with Crippen molar-refractivity contribution in [2.24, 2.45) is 0 Å². The lowest BCUT2D eigenvalue weighted by atomic mass is 10.3.